The molecule has 2 aliphatic heterocycles. The molecule has 2 fully saturated rings. The first-order valence-electron chi connectivity index (χ1n) is 7.82. The molecule has 2 aliphatic rings. The third-order valence-corrected chi connectivity index (χ3v) is 4.59. The van der Waals surface area contributed by atoms with Crippen LogP contribution in [0.2, 0.25) is 0 Å². The molecule has 2 N–H and O–H groups in total. The predicted octanol–water partition coefficient (Wildman–Crippen LogP) is 1.30. The molecule has 0 saturated carbocycles. The zero-order valence-electron chi connectivity index (χ0n) is 12.5. The summed E-state index contributed by atoms with van der Waals surface area (Å²) in [5, 5.41) is 0. The minimum Gasteiger partial charge on any atom is -0.339 e. The first kappa shape index (κ1) is 14.8. The Morgan fingerprint density at radius 2 is 2.00 bits per heavy atom. The normalized spacial score (nSPS) is 26.6. The first-order chi connectivity index (χ1) is 9.10. The van der Waals surface area contributed by atoms with E-state index >= 15 is 0 Å². The second-order valence-electron chi connectivity index (χ2n) is 6.61. The average molecular weight is 267 g/mol. The van der Waals surface area contributed by atoms with Crippen molar-refractivity contribution >= 4 is 5.91 Å². The van der Waals surface area contributed by atoms with Crippen LogP contribution in [0, 0.1) is 11.8 Å². The van der Waals surface area contributed by atoms with E-state index in [1.165, 1.54) is 13.0 Å². The molecule has 0 spiro atoms. The molecule has 1 amide bonds. The van der Waals surface area contributed by atoms with Gasteiger partial charge in [-0.2, -0.15) is 0 Å². The molecule has 0 aromatic rings. The van der Waals surface area contributed by atoms with Crippen LogP contribution in [0.15, 0.2) is 0 Å². The third-order valence-electron chi connectivity index (χ3n) is 4.59. The molecular formula is C15H29N3O. The number of piperidine rings is 1. The fraction of sp³-hybridized carbons (Fsp3) is 0.933. The van der Waals surface area contributed by atoms with Crippen LogP contribution in [0.3, 0.4) is 0 Å². The Morgan fingerprint density at radius 1 is 1.32 bits per heavy atom. The highest BCUT2D eigenvalue weighted by Gasteiger charge is 2.34. The van der Waals surface area contributed by atoms with E-state index in [4.69, 9.17) is 5.73 Å². The molecule has 1 unspecified atom stereocenters. The Bertz CT molecular complexity index is 298. The second-order valence-corrected chi connectivity index (χ2v) is 6.61. The van der Waals surface area contributed by atoms with E-state index in [-0.39, 0.29) is 0 Å². The largest absolute Gasteiger partial charge is 0.339 e. The van der Waals surface area contributed by atoms with Gasteiger partial charge in [0, 0.05) is 32.1 Å². The van der Waals surface area contributed by atoms with Crippen molar-refractivity contribution in [2.24, 2.45) is 17.6 Å². The minimum atomic E-state index is 0.330. The van der Waals surface area contributed by atoms with Crippen molar-refractivity contribution in [3.63, 3.8) is 0 Å². The van der Waals surface area contributed by atoms with Gasteiger partial charge in [-0.15, -0.1) is 0 Å². The lowest BCUT2D eigenvalue weighted by molar-refractivity contribution is -0.130. The number of carbonyl (C=O) groups is 1. The van der Waals surface area contributed by atoms with Crippen molar-refractivity contribution in [2.75, 3.05) is 32.7 Å². The molecule has 2 heterocycles. The van der Waals surface area contributed by atoms with Crippen molar-refractivity contribution in [3.05, 3.63) is 0 Å². The number of carbonyl (C=O) groups excluding carboxylic acids is 1. The zero-order valence-corrected chi connectivity index (χ0v) is 12.5. The van der Waals surface area contributed by atoms with Gasteiger partial charge in [0.2, 0.25) is 5.91 Å². The van der Waals surface area contributed by atoms with E-state index in [2.05, 4.69) is 23.6 Å². The Balaban J connectivity index is 1.75. The standard InChI is InChI=1S/C15H29N3O/c1-12(2)3-6-17-7-4-14(5-8-17)18-11-13(10-16)9-15(18)19/h12-14H,3-11,16H2,1-2H3. The molecule has 0 aromatic heterocycles. The average Bonchev–Trinajstić information content (AvgIpc) is 2.78. The van der Waals surface area contributed by atoms with E-state index in [1.807, 2.05) is 0 Å². The van der Waals surface area contributed by atoms with Gasteiger partial charge in [0.05, 0.1) is 0 Å². The number of hydrogen-bond acceptors (Lipinski definition) is 3. The van der Waals surface area contributed by atoms with Crippen LogP contribution in [0.4, 0.5) is 0 Å². The molecule has 0 aliphatic carbocycles. The molecule has 110 valence electrons. The second kappa shape index (κ2) is 6.71. The van der Waals surface area contributed by atoms with Crippen LogP contribution in [-0.4, -0.2) is 54.5 Å². The Kier molecular flexibility index (Phi) is 5.22. The lowest BCUT2D eigenvalue weighted by Gasteiger charge is -2.37. The highest BCUT2D eigenvalue weighted by Crippen LogP contribution is 2.25. The molecule has 4 nitrogen and oxygen atoms in total. The van der Waals surface area contributed by atoms with Gasteiger partial charge in [0.25, 0.3) is 0 Å². The Morgan fingerprint density at radius 3 is 2.53 bits per heavy atom. The fourth-order valence-electron chi connectivity index (χ4n) is 3.21. The van der Waals surface area contributed by atoms with Crippen LogP contribution in [0.1, 0.15) is 39.5 Å². The van der Waals surface area contributed by atoms with Crippen molar-refractivity contribution in [1.29, 1.82) is 0 Å². The zero-order chi connectivity index (χ0) is 13.8. The van der Waals surface area contributed by atoms with Crippen LogP contribution < -0.4 is 5.73 Å². The van der Waals surface area contributed by atoms with Gasteiger partial charge in [-0.1, -0.05) is 13.8 Å². The maximum atomic E-state index is 12.0. The number of amides is 1. The van der Waals surface area contributed by atoms with Crippen LogP contribution >= 0.6 is 0 Å². The molecule has 0 radical (unpaired) electrons. The smallest absolute Gasteiger partial charge is 0.223 e. The van der Waals surface area contributed by atoms with E-state index in [9.17, 15) is 4.79 Å². The van der Waals surface area contributed by atoms with Gasteiger partial charge in [-0.3, -0.25) is 4.79 Å². The summed E-state index contributed by atoms with van der Waals surface area (Å²) < 4.78 is 0. The SMILES string of the molecule is CC(C)CCN1CCC(N2CC(CN)CC2=O)CC1. The topological polar surface area (TPSA) is 49.6 Å². The van der Waals surface area contributed by atoms with E-state index < -0.39 is 0 Å². The van der Waals surface area contributed by atoms with E-state index in [1.54, 1.807) is 0 Å². The highest BCUT2D eigenvalue weighted by molar-refractivity contribution is 5.79. The number of likely N-dealkylation sites (tertiary alicyclic amines) is 2. The number of nitrogens with zero attached hydrogens (tertiary/aromatic N) is 2. The van der Waals surface area contributed by atoms with Gasteiger partial charge in [0.1, 0.15) is 0 Å². The van der Waals surface area contributed by atoms with Gasteiger partial charge < -0.3 is 15.5 Å². The summed E-state index contributed by atoms with van der Waals surface area (Å²) in [7, 11) is 0. The summed E-state index contributed by atoms with van der Waals surface area (Å²) in [6, 6.07) is 0.472. The van der Waals surface area contributed by atoms with Crippen molar-refractivity contribution < 1.29 is 4.79 Å². The quantitative estimate of drug-likeness (QED) is 0.817. The minimum absolute atomic E-state index is 0.330. The van der Waals surface area contributed by atoms with Crippen molar-refractivity contribution in [2.45, 2.75) is 45.6 Å². The molecule has 1 atom stereocenters. The third kappa shape index (κ3) is 3.93. The Labute approximate surface area is 117 Å². The van der Waals surface area contributed by atoms with Gasteiger partial charge in [-0.05, 0) is 44.2 Å². The molecule has 0 bridgehead atoms. The monoisotopic (exact) mass is 267 g/mol. The summed E-state index contributed by atoms with van der Waals surface area (Å²) in [6.45, 7) is 9.61. The van der Waals surface area contributed by atoms with Crippen molar-refractivity contribution in [1.82, 2.24) is 9.80 Å². The molecule has 2 rings (SSSR count). The molecular weight excluding hydrogens is 238 g/mol. The first-order valence-corrected chi connectivity index (χ1v) is 7.82. The van der Waals surface area contributed by atoms with Gasteiger partial charge in [0.15, 0.2) is 0 Å². The highest BCUT2D eigenvalue weighted by atomic mass is 16.2. The molecule has 0 aromatic carbocycles. The van der Waals surface area contributed by atoms with Crippen molar-refractivity contribution in [3.8, 4) is 0 Å². The molecule has 19 heavy (non-hydrogen) atoms. The lowest BCUT2D eigenvalue weighted by Crippen LogP contribution is -2.46. The van der Waals surface area contributed by atoms with Gasteiger partial charge >= 0.3 is 0 Å². The van der Waals surface area contributed by atoms with Crippen LogP contribution in [0.5, 0.6) is 0 Å². The van der Waals surface area contributed by atoms with E-state index in [0.717, 1.165) is 38.4 Å². The number of nitrogens with two attached hydrogens (primary N) is 1. The summed E-state index contributed by atoms with van der Waals surface area (Å²) in [4.78, 5) is 16.7. The van der Waals surface area contributed by atoms with Crippen LogP contribution in [-0.2, 0) is 4.79 Å². The van der Waals surface area contributed by atoms with E-state index in [0.29, 0.717) is 30.8 Å². The maximum absolute atomic E-state index is 12.0. The summed E-state index contributed by atoms with van der Waals surface area (Å²) >= 11 is 0. The Hall–Kier alpha value is -0.610. The maximum Gasteiger partial charge on any atom is 0.223 e. The summed E-state index contributed by atoms with van der Waals surface area (Å²) in [6.07, 6.45) is 4.23. The number of rotatable bonds is 5. The summed E-state index contributed by atoms with van der Waals surface area (Å²) in [5.41, 5.74) is 5.69. The summed E-state index contributed by atoms with van der Waals surface area (Å²) in [5.74, 6) is 1.51. The van der Waals surface area contributed by atoms with Crippen LogP contribution in [0.25, 0.3) is 0 Å². The predicted molar refractivity (Wildman–Crippen MR) is 77.8 cm³/mol. The molecule has 2 saturated heterocycles. The van der Waals surface area contributed by atoms with Gasteiger partial charge in [-0.25, -0.2) is 0 Å². The molecule has 4 heteroatoms. The lowest BCUT2D eigenvalue weighted by atomic mass is 10.0. The fourth-order valence-corrected chi connectivity index (χ4v) is 3.21. The number of hydrogen-bond donors (Lipinski definition) is 1.